The van der Waals surface area contributed by atoms with Crippen molar-refractivity contribution in [2.24, 2.45) is 10.8 Å². The van der Waals surface area contributed by atoms with E-state index in [2.05, 4.69) is 32.6 Å². The number of benzene rings is 2. The molecule has 2 aromatic heterocycles. The van der Waals surface area contributed by atoms with Gasteiger partial charge in [0, 0.05) is 96.3 Å². The molecule has 2 amide bonds. The van der Waals surface area contributed by atoms with E-state index in [-0.39, 0.29) is 22.6 Å². The third-order valence-electron chi connectivity index (χ3n) is 11.3. The van der Waals surface area contributed by atoms with Gasteiger partial charge >= 0.3 is 0 Å². The number of amides is 2. The van der Waals surface area contributed by atoms with Crippen LogP contribution in [0.3, 0.4) is 0 Å². The van der Waals surface area contributed by atoms with E-state index in [9.17, 15) is 9.59 Å². The maximum atomic E-state index is 11.9. The van der Waals surface area contributed by atoms with E-state index in [4.69, 9.17) is 42.6 Å². The summed E-state index contributed by atoms with van der Waals surface area (Å²) in [5.41, 5.74) is 6.55. The predicted octanol–water partition coefficient (Wildman–Crippen LogP) is 6.23. The summed E-state index contributed by atoms with van der Waals surface area (Å²) < 4.78 is 11.6. The van der Waals surface area contributed by atoms with Crippen molar-refractivity contribution >= 4 is 35.0 Å². The highest BCUT2D eigenvalue weighted by Crippen LogP contribution is 2.44. The first-order chi connectivity index (χ1) is 25.2. The molecule has 12 heteroatoms. The van der Waals surface area contributed by atoms with Crippen LogP contribution in [0.4, 0.5) is 0 Å². The summed E-state index contributed by atoms with van der Waals surface area (Å²) in [6.45, 7) is 6.50. The number of rotatable bonds is 9. The summed E-state index contributed by atoms with van der Waals surface area (Å²) in [5, 5.41) is 7.08. The monoisotopic (exact) mass is 740 g/mol. The maximum absolute atomic E-state index is 11.9. The average Bonchev–Trinajstić information content (AvgIpc) is 3.93. The van der Waals surface area contributed by atoms with Gasteiger partial charge in [0.2, 0.25) is 23.6 Å². The molecule has 6 heterocycles. The zero-order valence-electron chi connectivity index (χ0n) is 29.4. The van der Waals surface area contributed by atoms with E-state index < -0.39 is 0 Å². The lowest BCUT2D eigenvalue weighted by atomic mass is 9.86. The van der Waals surface area contributed by atoms with Crippen molar-refractivity contribution in [1.82, 2.24) is 30.4 Å². The van der Waals surface area contributed by atoms with Crippen molar-refractivity contribution in [3.63, 3.8) is 0 Å². The standard InChI is InChI=1S/C40H42Cl2N6O4/c1-51-37-25(19-47-15-13-39(23-47)17-33(49)43-21-39)9-11-31(45-37)29-7-3-5-27(35(29)41)28-6-4-8-30(36(28)42)32-12-10-26(38(46-32)52-2)20-48-16-14-40(24-48)18-34(50)44-22-40/h3-12H,13-24H2,1-2H3,(H,43,49)(H,44,50). The Hall–Kier alpha value is -4.22. The minimum absolute atomic E-state index is 0.0323. The molecule has 2 unspecified atom stereocenters. The number of hydrogen-bond acceptors (Lipinski definition) is 8. The summed E-state index contributed by atoms with van der Waals surface area (Å²) in [6, 6.07) is 19.8. The Morgan fingerprint density at radius 3 is 1.46 bits per heavy atom. The van der Waals surface area contributed by atoms with Gasteiger partial charge in [0.15, 0.2) is 0 Å². The molecule has 2 aromatic carbocycles. The largest absolute Gasteiger partial charge is 0.481 e. The zero-order chi connectivity index (χ0) is 36.0. The van der Waals surface area contributed by atoms with Gasteiger partial charge in [0.1, 0.15) is 0 Å². The van der Waals surface area contributed by atoms with Crippen LogP contribution in [0.15, 0.2) is 60.7 Å². The Balaban J connectivity index is 1.02. The molecule has 52 heavy (non-hydrogen) atoms. The van der Waals surface area contributed by atoms with Gasteiger partial charge in [0.25, 0.3) is 0 Å². The van der Waals surface area contributed by atoms with Crippen molar-refractivity contribution in [3.8, 4) is 45.4 Å². The number of aromatic nitrogens is 2. The fraction of sp³-hybridized carbons (Fsp3) is 0.400. The molecule has 4 aliphatic heterocycles. The van der Waals surface area contributed by atoms with Crippen LogP contribution in [-0.4, -0.2) is 85.1 Å². The second-order valence-corrected chi connectivity index (χ2v) is 15.6. The lowest BCUT2D eigenvalue weighted by Gasteiger charge is -2.22. The first-order valence-electron chi connectivity index (χ1n) is 17.8. The Morgan fingerprint density at radius 2 is 1.08 bits per heavy atom. The van der Waals surface area contributed by atoms with Crippen LogP contribution in [0.5, 0.6) is 11.8 Å². The number of pyridine rings is 2. The highest BCUT2D eigenvalue weighted by atomic mass is 35.5. The van der Waals surface area contributed by atoms with Crippen molar-refractivity contribution in [2.45, 2.75) is 38.8 Å². The molecule has 270 valence electrons. The minimum Gasteiger partial charge on any atom is -0.481 e. The van der Waals surface area contributed by atoms with Crippen molar-refractivity contribution < 1.29 is 19.1 Å². The van der Waals surface area contributed by atoms with E-state index >= 15 is 0 Å². The molecule has 4 aromatic rings. The van der Waals surface area contributed by atoms with Crippen LogP contribution in [0, 0.1) is 10.8 Å². The molecule has 2 N–H and O–H groups in total. The molecule has 4 fully saturated rings. The summed E-state index contributed by atoms with van der Waals surface area (Å²) in [4.78, 5) is 38.4. The smallest absolute Gasteiger partial charge is 0.220 e. The lowest BCUT2D eigenvalue weighted by molar-refractivity contribution is -0.120. The molecule has 0 bridgehead atoms. The SMILES string of the molecule is COc1nc(-c2cccc(-c3cccc(-c4ccc(CN5CCC6(CNC(=O)C6)C5)c(OC)n4)c3Cl)c2Cl)ccc1CN1CCC2(CNC(=O)C2)C1. The first kappa shape index (κ1) is 34.8. The number of likely N-dealkylation sites (tertiary alicyclic amines) is 2. The Labute approximate surface area is 313 Å². The van der Waals surface area contributed by atoms with Gasteiger partial charge in [-0.3, -0.25) is 19.4 Å². The number of carbonyl (C=O) groups is 2. The van der Waals surface area contributed by atoms with Crippen molar-refractivity contribution in [3.05, 3.63) is 81.8 Å². The molecule has 0 aliphatic carbocycles. The highest BCUT2D eigenvalue weighted by Gasteiger charge is 2.45. The predicted molar refractivity (Wildman–Crippen MR) is 201 cm³/mol. The second-order valence-electron chi connectivity index (χ2n) is 14.9. The molecule has 4 saturated heterocycles. The number of hydrogen-bond donors (Lipinski definition) is 2. The summed E-state index contributed by atoms with van der Waals surface area (Å²) in [5.74, 6) is 1.40. The van der Waals surface area contributed by atoms with Crippen molar-refractivity contribution in [1.29, 1.82) is 0 Å². The maximum Gasteiger partial charge on any atom is 0.220 e. The van der Waals surface area contributed by atoms with E-state index in [1.54, 1.807) is 14.2 Å². The molecule has 4 aliphatic rings. The van der Waals surface area contributed by atoms with Crippen LogP contribution in [0.25, 0.3) is 33.6 Å². The number of nitrogens with zero attached hydrogens (tertiary/aromatic N) is 4. The normalized spacial score (nSPS) is 23.2. The van der Waals surface area contributed by atoms with Gasteiger partial charge in [-0.05, 0) is 38.1 Å². The number of carbonyl (C=O) groups excluding carboxylic acids is 2. The Morgan fingerprint density at radius 1 is 0.654 bits per heavy atom. The number of nitrogens with one attached hydrogen (secondary N) is 2. The molecule has 0 saturated carbocycles. The molecule has 10 nitrogen and oxygen atoms in total. The third-order valence-corrected chi connectivity index (χ3v) is 12.1. The van der Waals surface area contributed by atoms with Gasteiger partial charge in [-0.25, -0.2) is 9.97 Å². The van der Waals surface area contributed by atoms with Crippen LogP contribution >= 0.6 is 23.2 Å². The van der Waals surface area contributed by atoms with E-state index in [0.29, 0.717) is 59.1 Å². The molecule has 8 rings (SSSR count). The average molecular weight is 742 g/mol. The highest BCUT2D eigenvalue weighted by molar-refractivity contribution is 6.39. The summed E-state index contributed by atoms with van der Waals surface area (Å²) in [7, 11) is 3.27. The van der Waals surface area contributed by atoms with Gasteiger partial charge in [-0.15, -0.1) is 0 Å². The molecule has 0 radical (unpaired) electrons. The molecule has 2 atom stereocenters. The second kappa shape index (κ2) is 14.0. The summed E-state index contributed by atoms with van der Waals surface area (Å²) >= 11 is 14.3. The summed E-state index contributed by atoms with van der Waals surface area (Å²) in [6.07, 6.45) is 3.20. The Kier molecular flexibility index (Phi) is 9.36. The van der Waals surface area contributed by atoms with Gasteiger partial charge in [0.05, 0.1) is 35.7 Å². The number of methoxy groups -OCH3 is 2. The van der Waals surface area contributed by atoms with Gasteiger partial charge in [-0.1, -0.05) is 71.7 Å². The number of ether oxygens (including phenoxy) is 2. The number of halogens is 2. The Bertz CT molecular complexity index is 1920. The first-order valence-corrected chi connectivity index (χ1v) is 18.6. The fourth-order valence-electron chi connectivity index (χ4n) is 8.60. The topological polar surface area (TPSA) is 109 Å². The molecule has 2 spiro atoms. The lowest BCUT2D eigenvalue weighted by Crippen LogP contribution is -2.29. The van der Waals surface area contributed by atoms with Crippen LogP contribution in [0.2, 0.25) is 10.0 Å². The van der Waals surface area contributed by atoms with E-state index in [0.717, 1.165) is 85.5 Å². The molecular formula is C40H42Cl2N6O4. The molecular weight excluding hydrogens is 699 g/mol. The van der Waals surface area contributed by atoms with E-state index in [1.807, 2.05) is 48.5 Å². The fourth-order valence-corrected chi connectivity index (χ4v) is 9.25. The minimum atomic E-state index is 0.0323. The van der Waals surface area contributed by atoms with Gasteiger partial charge in [-0.2, -0.15) is 0 Å². The van der Waals surface area contributed by atoms with E-state index in [1.165, 1.54) is 0 Å². The zero-order valence-corrected chi connectivity index (χ0v) is 30.9. The van der Waals surface area contributed by atoms with Crippen LogP contribution in [0.1, 0.15) is 36.8 Å². The van der Waals surface area contributed by atoms with Crippen LogP contribution in [-0.2, 0) is 22.7 Å². The van der Waals surface area contributed by atoms with Crippen LogP contribution < -0.4 is 20.1 Å². The third kappa shape index (κ3) is 6.62. The van der Waals surface area contributed by atoms with Gasteiger partial charge < -0.3 is 20.1 Å². The quantitative estimate of drug-likeness (QED) is 0.208. The van der Waals surface area contributed by atoms with Crippen molar-refractivity contribution in [2.75, 3.05) is 53.5 Å².